The Labute approximate surface area is 189 Å². The molecular formula is C23H25N5O3S. The van der Waals surface area contributed by atoms with E-state index < -0.39 is 11.9 Å². The third-order valence-electron chi connectivity index (χ3n) is 5.42. The van der Waals surface area contributed by atoms with E-state index in [-0.39, 0.29) is 23.9 Å². The van der Waals surface area contributed by atoms with E-state index in [1.54, 1.807) is 41.2 Å². The number of hydrogen-bond donors (Lipinski definition) is 2. The number of imide groups is 1. The van der Waals surface area contributed by atoms with Crippen LogP contribution >= 0.6 is 11.8 Å². The number of nitrogens with one attached hydrogen (secondary N) is 2. The molecule has 4 rings (SSSR count). The number of urea groups is 1. The minimum Gasteiger partial charge on any atom is -0.335 e. The molecule has 9 heteroatoms. The van der Waals surface area contributed by atoms with Gasteiger partial charge < -0.3 is 5.32 Å². The Bertz CT molecular complexity index is 1160. The molecule has 0 unspecified atom stereocenters. The summed E-state index contributed by atoms with van der Waals surface area (Å²) in [7, 11) is 0. The van der Waals surface area contributed by atoms with Gasteiger partial charge in [0, 0.05) is 18.4 Å². The quantitative estimate of drug-likeness (QED) is 0.441. The minimum atomic E-state index is -0.471. The molecule has 0 bridgehead atoms. The zero-order valence-electron chi connectivity index (χ0n) is 17.6. The predicted octanol–water partition coefficient (Wildman–Crippen LogP) is 3.09. The van der Waals surface area contributed by atoms with E-state index in [0.29, 0.717) is 16.1 Å². The summed E-state index contributed by atoms with van der Waals surface area (Å²) in [4.78, 5) is 46.3. The van der Waals surface area contributed by atoms with Gasteiger partial charge in [-0.15, -0.1) is 0 Å². The summed E-state index contributed by atoms with van der Waals surface area (Å²) in [5.41, 5.74) is 1.24. The predicted molar refractivity (Wildman–Crippen MR) is 124 cm³/mol. The van der Waals surface area contributed by atoms with Crippen molar-refractivity contribution in [3.05, 3.63) is 64.7 Å². The van der Waals surface area contributed by atoms with Crippen LogP contribution in [0.3, 0.4) is 0 Å². The van der Waals surface area contributed by atoms with Crippen LogP contribution in [0.1, 0.15) is 37.7 Å². The summed E-state index contributed by atoms with van der Waals surface area (Å²) in [6, 6.07) is 10.5. The Balaban J connectivity index is 1.47. The fraction of sp³-hybridized carbons (Fsp3) is 0.348. The number of aromatic nitrogens is 3. The molecule has 1 fully saturated rings. The first-order valence-electron chi connectivity index (χ1n) is 10.7. The van der Waals surface area contributed by atoms with Gasteiger partial charge in [-0.3, -0.25) is 24.5 Å². The molecule has 166 valence electrons. The van der Waals surface area contributed by atoms with Gasteiger partial charge in [0.1, 0.15) is 0 Å². The zero-order chi connectivity index (χ0) is 22.3. The summed E-state index contributed by atoms with van der Waals surface area (Å²) in [6.07, 6.45) is 8.63. The number of rotatable bonds is 6. The van der Waals surface area contributed by atoms with E-state index in [9.17, 15) is 14.4 Å². The molecule has 0 aliphatic heterocycles. The van der Waals surface area contributed by atoms with Crippen LogP contribution in [0.2, 0.25) is 0 Å². The lowest BCUT2D eigenvalue weighted by Crippen LogP contribution is -2.45. The SMILES string of the molecule is O=C(CSc1nc2ccccc2c(=O)n1Cc1cccnc1)NC(=O)NC1CCCCC1. The van der Waals surface area contributed by atoms with Gasteiger partial charge in [-0.25, -0.2) is 9.78 Å². The van der Waals surface area contributed by atoms with Crippen molar-refractivity contribution in [1.82, 2.24) is 25.2 Å². The average molecular weight is 452 g/mol. The molecule has 0 atom stereocenters. The Kier molecular flexibility index (Phi) is 7.16. The van der Waals surface area contributed by atoms with Crippen molar-refractivity contribution in [3.63, 3.8) is 0 Å². The van der Waals surface area contributed by atoms with Crippen molar-refractivity contribution in [3.8, 4) is 0 Å². The maximum atomic E-state index is 13.1. The van der Waals surface area contributed by atoms with Crippen molar-refractivity contribution in [2.45, 2.75) is 49.8 Å². The molecule has 2 N–H and O–H groups in total. The summed E-state index contributed by atoms with van der Waals surface area (Å²) in [6.45, 7) is 0.288. The number of benzene rings is 1. The second-order valence-corrected chi connectivity index (χ2v) is 8.75. The largest absolute Gasteiger partial charge is 0.335 e. The molecule has 8 nitrogen and oxygen atoms in total. The van der Waals surface area contributed by atoms with E-state index in [2.05, 4.69) is 20.6 Å². The van der Waals surface area contributed by atoms with E-state index >= 15 is 0 Å². The Hall–Kier alpha value is -3.20. The van der Waals surface area contributed by atoms with Gasteiger partial charge in [0.15, 0.2) is 5.16 Å². The number of hydrogen-bond acceptors (Lipinski definition) is 6. The molecule has 32 heavy (non-hydrogen) atoms. The first-order valence-corrected chi connectivity index (χ1v) is 11.7. The maximum absolute atomic E-state index is 13.1. The summed E-state index contributed by atoms with van der Waals surface area (Å²) >= 11 is 1.13. The topological polar surface area (TPSA) is 106 Å². The monoisotopic (exact) mass is 451 g/mol. The average Bonchev–Trinajstić information content (AvgIpc) is 2.81. The van der Waals surface area contributed by atoms with Gasteiger partial charge in [-0.2, -0.15) is 0 Å². The molecule has 0 radical (unpaired) electrons. The Morgan fingerprint density at radius 3 is 2.69 bits per heavy atom. The van der Waals surface area contributed by atoms with Gasteiger partial charge in [-0.05, 0) is 36.6 Å². The standard InChI is InChI=1S/C23H25N5O3S/c29-20(27-22(31)25-17-8-2-1-3-9-17)15-32-23-26-19-11-5-4-10-18(19)21(30)28(23)14-16-7-6-12-24-13-16/h4-7,10-13,17H,1-3,8-9,14-15H2,(H2,25,27,29,31). The van der Waals surface area contributed by atoms with Crippen LogP contribution in [-0.4, -0.2) is 38.3 Å². The van der Waals surface area contributed by atoms with Crippen molar-refractivity contribution >= 4 is 34.6 Å². The lowest BCUT2D eigenvalue weighted by atomic mass is 9.96. The highest BCUT2D eigenvalue weighted by molar-refractivity contribution is 7.99. The summed E-state index contributed by atoms with van der Waals surface area (Å²) in [5, 5.41) is 6.18. The van der Waals surface area contributed by atoms with Gasteiger partial charge in [0.05, 0.1) is 23.2 Å². The van der Waals surface area contributed by atoms with E-state index in [4.69, 9.17) is 0 Å². The Morgan fingerprint density at radius 1 is 1.09 bits per heavy atom. The van der Waals surface area contributed by atoms with Crippen LogP contribution in [0.25, 0.3) is 10.9 Å². The first kappa shape index (κ1) is 22.0. The molecule has 3 amide bonds. The second-order valence-electron chi connectivity index (χ2n) is 7.81. The molecule has 2 heterocycles. The first-order chi connectivity index (χ1) is 15.6. The molecule has 1 saturated carbocycles. The molecule has 1 aromatic carbocycles. The molecule has 3 aromatic rings. The summed E-state index contributed by atoms with van der Waals surface area (Å²) < 4.78 is 1.54. The van der Waals surface area contributed by atoms with Crippen molar-refractivity contribution in [1.29, 1.82) is 0 Å². The molecular weight excluding hydrogens is 426 g/mol. The molecule has 0 saturated heterocycles. The van der Waals surface area contributed by atoms with Crippen LogP contribution in [0.5, 0.6) is 0 Å². The van der Waals surface area contributed by atoms with Crippen LogP contribution in [0.15, 0.2) is 58.7 Å². The second kappa shape index (κ2) is 10.4. The number of fused-ring (bicyclic) bond motifs is 1. The van der Waals surface area contributed by atoms with E-state index in [1.165, 1.54) is 6.42 Å². The van der Waals surface area contributed by atoms with Crippen LogP contribution in [-0.2, 0) is 11.3 Å². The molecule has 1 aliphatic rings. The fourth-order valence-corrected chi connectivity index (χ4v) is 4.63. The van der Waals surface area contributed by atoms with Gasteiger partial charge in [0.2, 0.25) is 5.91 Å². The third kappa shape index (κ3) is 5.53. The number of thioether (sulfide) groups is 1. The van der Waals surface area contributed by atoms with Crippen molar-refractivity contribution in [2.75, 3.05) is 5.75 Å². The lowest BCUT2D eigenvalue weighted by molar-refractivity contribution is -0.117. The van der Waals surface area contributed by atoms with Gasteiger partial charge in [-0.1, -0.05) is 49.2 Å². The van der Waals surface area contributed by atoms with Crippen molar-refractivity contribution < 1.29 is 9.59 Å². The van der Waals surface area contributed by atoms with Crippen LogP contribution < -0.4 is 16.2 Å². The van der Waals surface area contributed by atoms with Crippen LogP contribution in [0.4, 0.5) is 4.79 Å². The van der Waals surface area contributed by atoms with Crippen LogP contribution in [0, 0.1) is 0 Å². The number of carbonyl (C=O) groups excluding carboxylic acids is 2. The minimum absolute atomic E-state index is 0.0318. The smallest absolute Gasteiger partial charge is 0.321 e. The van der Waals surface area contributed by atoms with Gasteiger partial charge >= 0.3 is 6.03 Å². The highest BCUT2D eigenvalue weighted by Crippen LogP contribution is 2.19. The zero-order valence-corrected chi connectivity index (χ0v) is 18.4. The molecule has 2 aromatic heterocycles. The maximum Gasteiger partial charge on any atom is 0.321 e. The normalized spacial score (nSPS) is 14.2. The number of para-hydroxylation sites is 1. The van der Waals surface area contributed by atoms with E-state index in [1.807, 2.05) is 12.1 Å². The highest BCUT2D eigenvalue weighted by Gasteiger charge is 2.18. The van der Waals surface area contributed by atoms with Crippen molar-refractivity contribution in [2.24, 2.45) is 0 Å². The van der Waals surface area contributed by atoms with E-state index in [0.717, 1.165) is 43.0 Å². The fourth-order valence-electron chi connectivity index (χ4n) is 3.83. The molecule has 0 spiro atoms. The number of amides is 3. The number of pyridine rings is 1. The summed E-state index contributed by atoms with van der Waals surface area (Å²) in [5.74, 6) is -0.464. The number of carbonyl (C=O) groups is 2. The highest BCUT2D eigenvalue weighted by atomic mass is 32.2. The lowest BCUT2D eigenvalue weighted by Gasteiger charge is -2.22. The molecule has 1 aliphatic carbocycles. The number of nitrogens with zero attached hydrogens (tertiary/aromatic N) is 3. The Morgan fingerprint density at radius 2 is 1.91 bits per heavy atom. The third-order valence-corrected chi connectivity index (χ3v) is 6.39. The van der Waals surface area contributed by atoms with Gasteiger partial charge in [0.25, 0.3) is 5.56 Å².